The quantitative estimate of drug-likeness (QED) is 0.922. The zero-order valence-corrected chi connectivity index (χ0v) is 9.88. The van der Waals surface area contributed by atoms with E-state index in [9.17, 15) is 4.79 Å². The van der Waals surface area contributed by atoms with Crippen LogP contribution in [-0.2, 0) is 0 Å². The third-order valence-corrected chi connectivity index (χ3v) is 3.15. The van der Waals surface area contributed by atoms with Gasteiger partial charge >= 0.3 is 0 Å². The first kappa shape index (κ1) is 10.3. The standard InChI is InChI=1S/C9H6BrN3OS/c10-7-4-6(5-15-7)9(14)12-8-2-1-3-11-13-8/h1-5H,(H,12,13,14). The molecule has 2 rings (SSSR count). The molecule has 0 radical (unpaired) electrons. The van der Waals surface area contributed by atoms with E-state index in [1.807, 2.05) is 0 Å². The number of amides is 1. The molecular formula is C9H6BrN3OS. The number of nitrogens with zero attached hydrogens (tertiary/aromatic N) is 2. The number of hydrogen-bond donors (Lipinski definition) is 1. The lowest BCUT2D eigenvalue weighted by atomic mass is 10.3. The molecule has 0 saturated heterocycles. The van der Waals surface area contributed by atoms with Gasteiger partial charge in [0.05, 0.1) is 9.35 Å². The molecule has 0 aliphatic heterocycles. The van der Waals surface area contributed by atoms with E-state index < -0.39 is 0 Å². The summed E-state index contributed by atoms with van der Waals surface area (Å²) in [7, 11) is 0. The number of carbonyl (C=O) groups is 1. The number of halogens is 1. The second-order valence-corrected chi connectivity index (χ2v) is 4.99. The van der Waals surface area contributed by atoms with Crippen LogP contribution in [0.4, 0.5) is 5.82 Å². The van der Waals surface area contributed by atoms with Crippen molar-refractivity contribution in [3.63, 3.8) is 0 Å². The molecule has 1 N–H and O–H groups in total. The molecule has 0 aromatic carbocycles. The van der Waals surface area contributed by atoms with E-state index in [-0.39, 0.29) is 5.91 Å². The van der Waals surface area contributed by atoms with Crippen LogP contribution in [0.25, 0.3) is 0 Å². The molecule has 2 aromatic rings. The molecule has 0 atom stereocenters. The van der Waals surface area contributed by atoms with E-state index in [1.165, 1.54) is 11.3 Å². The van der Waals surface area contributed by atoms with Crippen molar-refractivity contribution in [3.8, 4) is 0 Å². The topological polar surface area (TPSA) is 54.9 Å². The fraction of sp³-hybridized carbons (Fsp3) is 0. The summed E-state index contributed by atoms with van der Waals surface area (Å²) in [4.78, 5) is 11.6. The van der Waals surface area contributed by atoms with Crippen LogP contribution in [0.5, 0.6) is 0 Å². The Hall–Kier alpha value is -1.27. The van der Waals surface area contributed by atoms with E-state index in [0.29, 0.717) is 11.4 Å². The highest BCUT2D eigenvalue weighted by atomic mass is 79.9. The minimum atomic E-state index is -0.183. The first-order chi connectivity index (χ1) is 7.25. The lowest BCUT2D eigenvalue weighted by molar-refractivity contribution is 0.102. The van der Waals surface area contributed by atoms with Gasteiger partial charge < -0.3 is 5.32 Å². The van der Waals surface area contributed by atoms with Crippen molar-refractivity contribution >= 4 is 39.0 Å². The lowest BCUT2D eigenvalue weighted by Crippen LogP contribution is -2.12. The Labute approximate surface area is 98.5 Å². The van der Waals surface area contributed by atoms with Crippen molar-refractivity contribution in [1.29, 1.82) is 0 Å². The van der Waals surface area contributed by atoms with Crippen LogP contribution in [0.3, 0.4) is 0 Å². The molecule has 2 aromatic heterocycles. The highest BCUT2D eigenvalue weighted by molar-refractivity contribution is 9.11. The first-order valence-electron chi connectivity index (χ1n) is 4.09. The van der Waals surface area contributed by atoms with E-state index in [0.717, 1.165) is 3.79 Å². The molecule has 0 aliphatic carbocycles. The minimum absolute atomic E-state index is 0.183. The Morgan fingerprint density at radius 1 is 1.53 bits per heavy atom. The summed E-state index contributed by atoms with van der Waals surface area (Å²) in [5, 5.41) is 11.8. The zero-order valence-electron chi connectivity index (χ0n) is 7.48. The lowest BCUT2D eigenvalue weighted by Gasteiger charge is -2.00. The number of thiophene rings is 1. The molecule has 0 fully saturated rings. The maximum absolute atomic E-state index is 11.6. The van der Waals surface area contributed by atoms with Crippen LogP contribution in [0.2, 0.25) is 0 Å². The van der Waals surface area contributed by atoms with Crippen LogP contribution in [0, 0.1) is 0 Å². The number of rotatable bonds is 2. The summed E-state index contributed by atoms with van der Waals surface area (Å²) in [6.07, 6.45) is 1.55. The van der Waals surface area contributed by atoms with Gasteiger partial charge in [0, 0.05) is 11.6 Å². The van der Waals surface area contributed by atoms with Crippen molar-refractivity contribution in [2.75, 3.05) is 5.32 Å². The van der Waals surface area contributed by atoms with E-state index >= 15 is 0 Å². The largest absolute Gasteiger partial charge is 0.305 e. The van der Waals surface area contributed by atoms with Gasteiger partial charge in [0.15, 0.2) is 5.82 Å². The van der Waals surface area contributed by atoms with Gasteiger partial charge in [-0.15, -0.1) is 16.4 Å². The normalized spacial score (nSPS) is 9.93. The Morgan fingerprint density at radius 2 is 2.40 bits per heavy atom. The van der Waals surface area contributed by atoms with Gasteiger partial charge in [0.25, 0.3) is 5.91 Å². The van der Waals surface area contributed by atoms with Crippen LogP contribution in [0.15, 0.2) is 33.6 Å². The van der Waals surface area contributed by atoms with Crippen molar-refractivity contribution in [2.24, 2.45) is 0 Å². The summed E-state index contributed by atoms with van der Waals surface area (Å²) in [6, 6.07) is 5.16. The second kappa shape index (κ2) is 4.50. The molecule has 2 heterocycles. The SMILES string of the molecule is O=C(Nc1cccnn1)c1csc(Br)c1. The fourth-order valence-electron chi connectivity index (χ4n) is 0.986. The predicted octanol–water partition coefficient (Wildman–Crippen LogP) is 2.55. The molecule has 0 aliphatic rings. The molecule has 0 unspecified atom stereocenters. The van der Waals surface area contributed by atoms with E-state index in [1.54, 1.807) is 29.8 Å². The maximum Gasteiger partial charge on any atom is 0.257 e. The molecule has 0 saturated carbocycles. The second-order valence-electron chi connectivity index (χ2n) is 2.70. The number of carbonyl (C=O) groups excluding carboxylic acids is 1. The van der Waals surface area contributed by atoms with Gasteiger partial charge in [-0.25, -0.2) is 0 Å². The zero-order chi connectivity index (χ0) is 10.7. The summed E-state index contributed by atoms with van der Waals surface area (Å²) in [6.45, 7) is 0. The number of nitrogens with one attached hydrogen (secondary N) is 1. The Kier molecular flexibility index (Phi) is 3.08. The predicted molar refractivity (Wildman–Crippen MR) is 62.0 cm³/mol. The molecule has 0 spiro atoms. The highest BCUT2D eigenvalue weighted by Crippen LogP contribution is 2.21. The van der Waals surface area contributed by atoms with Gasteiger partial charge in [0.2, 0.25) is 0 Å². The molecule has 4 nitrogen and oxygen atoms in total. The molecule has 6 heteroatoms. The van der Waals surface area contributed by atoms with Crippen LogP contribution in [-0.4, -0.2) is 16.1 Å². The van der Waals surface area contributed by atoms with E-state index in [4.69, 9.17) is 0 Å². The highest BCUT2D eigenvalue weighted by Gasteiger charge is 2.08. The van der Waals surface area contributed by atoms with Crippen LogP contribution >= 0.6 is 27.3 Å². The average Bonchev–Trinajstić information content (AvgIpc) is 2.66. The summed E-state index contributed by atoms with van der Waals surface area (Å²) < 4.78 is 0.923. The molecule has 15 heavy (non-hydrogen) atoms. The Balaban J connectivity index is 2.11. The summed E-state index contributed by atoms with van der Waals surface area (Å²) in [5.41, 5.74) is 0.609. The molecule has 1 amide bonds. The van der Waals surface area contributed by atoms with Crippen molar-refractivity contribution < 1.29 is 4.79 Å². The van der Waals surface area contributed by atoms with E-state index in [2.05, 4.69) is 31.4 Å². The van der Waals surface area contributed by atoms with Gasteiger partial charge in [-0.3, -0.25) is 4.79 Å². The fourth-order valence-corrected chi connectivity index (χ4v) is 2.12. The van der Waals surface area contributed by atoms with Crippen LogP contribution < -0.4 is 5.32 Å². The first-order valence-corrected chi connectivity index (χ1v) is 5.76. The smallest absolute Gasteiger partial charge is 0.257 e. The van der Waals surface area contributed by atoms with Crippen molar-refractivity contribution in [2.45, 2.75) is 0 Å². The Morgan fingerprint density at radius 3 is 3.00 bits per heavy atom. The summed E-state index contributed by atoms with van der Waals surface area (Å²) in [5.74, 6) is 0.266. The van der Waals surface area contributed by atoms with Gasteiger partial charge in [-0.05, 0) is 34.1 Å². The van der Waals surface area contributed by atoms with Crippen molar-refractivity contribution in [3.05, 3.63) is 39.1 Å². The average molecular weight is 284 g/mol. The third-order valence-electron chi connectivity index (χ3n) is 1.64. The summed E-state index contributed by atoms with van der Waals surface area (Å²) >= 11 is 4.76. The monoisotopic (exact) mass is 283 g/mol. The third kappa shape index (κ3) is 2.60. The number of anilines is 1. The molecule has 0 bridgehead atoms. The number of aromatic nitrogens is 2. The minimum Gasteiger partial charge on any atom is -0.305 e. The molecular weight excluding hydrogens is 278 g/mol. The van der Waals surface area contributed by atoms with Gasteiger partial charge in [0.1, 0.15) is 0 Å². The maximum atomic E-state index is 11.6. The van der Waals surface area contributed by atoms with Gasteiger partial charge in [-0.2, -0.15) is 5.10 Å². The van der Waals surface area contributed by atoms with Crippen molar-refractivity contribution in [1.82, 2.24) is 10.2 Å². The van der Waals surface area contributed by atoms with Crippen LogP contribution in [0.1, 0.15) is 10.4 Å². The van der Waals surface area contributed by atoms with Gasteiger partial charge in [-0.1, -0.05) is 0 Å². The Bertz CT molecular complexity index is 471. The molecule has 76 valence electrons. The number of hydrogen-bond acceptors (Lipinski definition) is 4.